The number of hydrogen-bond acceptors (Lipinski definition) is 3. The molecule has 0 spiro atoms. The van der Waals surface area contributed by atoms with Crippen LogP contribution < -0.4 is 9.47 Å². The summed E-state index contributed by atoms with van der Waals surface area (Å²) >= 11 is 0. The second-order valence-corrected chi connectivity index (χ2v) is 7.69. The van der Waals surface area contributed by atoms with Gasteiger partial charge in [0.05, 0.1) is 6.04 Å². The van der Waals surface area contributed by atoms with Crippen LogP contribution in [0.4, 0.5) is 0 Å². The van der Waals surface area contributed by atoms with E-state index >= 15 is 0 Å². The lowest BCUT2D eigenvalue weighted by atomic mass is 9.91. The third kappa shape index (κ3) is 2.59. The molecule has 4 aromatic rings. The van der Waals surface area contributed by atoms with Crippen LogP contribution in [0.3, 0.4) is 0 Å². The van der Waals surface area contributed by atoms with Crippen molar-refractivity contribution in [3.05, 3.63) is 95.2 Å². The first-order valence-corrected chi connectivity index (χ1v) is 10.1. The van der Waals surface area contributed by atoms with E-state index in [0.29, 0.717) is 12.1 Å². The number of amides is 1. The van der Waals surface area contributed by atoms with E-state index in [4.69, 9.17) is 9.47 Å². The van der Waals surface area contributed by atoms with Crippen molar-refractivity contribution in [2.45, 2.75) is 12.5 Å². The van der Waals surface area contributed by atoms with Gasteiger partial charge in [0.25, 0.3) is 5.91 Å². The standard InChI is InChI=1S/C25H20N2O3/c28-25(16-6-2-1-3-7-16)27-13-12-19-18-8-4-5-9-20(18)26-23(19)24(27)17-10-11-21-22(14-17)30-15-29-21/h1-11,14,24,26H,12-13,15H2/t24-/m1/s1. The predicted octanol–water partition coefficient (Wildman–Crippen LogP) is 4.68. The fraction of sp³-hybridized carbons (Fsp3) is 0.160. The first-order valence-electron chi connectivity index (χ1n) is 10.1. The number of aromatic amines is 1. The lowest BCUT2D eigenvalue weighted by Gasteiger charge is -2.36. The Morgan fingerprint density at radius 1 is 0.933 bits per heavy atom. The van der Waals surface area contributed by atoms with E-state index in [1.807, 2.05) is 59.5 Å². The molecule has 1 N–H and O–H groups in total. The van der Waals surface area contributed by atoms with Crippen molar-refractivity contribution < 1.29 is 14.3 Å². The number of para-hydroxylation sites is 1. The molecule has 5 nitrogen and oxygen atoms in total. The minimum Gasteiger partial charge on any atom is -0.454 e. The first-order chi connectivity index (χ1) is 14.8. The molecule has 0 fully saturated rings. The molecule has 0 aliphatic carbocycles. The van der Waals surface area contributed by atoms with E-state index in [1.165, 1.54) is 10.9 Å². The lowest BCUT2D eigenvalue weighted by Crippen LogP contribution is -2.40. The number of fused-ring (bicyclic) bond motifs is 4. The molecule has 2 aliphatic heterocycles. The van der Waals surface area contributed by atoms with Crippen molar-refractivity contribution in [3.8, 4) is 11.5 Å². The summed E-state index contributed by atoms with van der Waals surface area (Å²) in [5, 5.41) is 1.23. The number of ether oxygens (including phenoxy) is 2. The van der Waals surface area contributed by atoms with Gasteiger partial charge in [-0.05, 0) is 47.9 Å². The normalized spacial score (nSPS) is 17.2. The maximum Gasteiger partial charge on any atom is 0.254 e. The molecular weight excluding hydrogens is 376 g/mol. The van der Waals surface area contributed by atoms with Crippen LogP contribution in [0.5, 0.6) is 11.5 Å². The maximum atomic E-state index is 13.5. The molecule has 6 rings (SSSR count). The number of nitrogens with zero attached hydrogens (tertiary/aromatic N) is 1. The van der Waals surface area contributed by atoms with E-state index in [9.17, 15) is 4.79 Å². The number of H-pyrrole nitrogens is 1. The minimum absolute atomic E-state index is 0.0302. The van der Waals surface area contributed by atoms with Crippen LogP contribution >= 0.6 is 0 Å². The monoisotopic (exact) mass is 396 g/mol. The molecular formula is C25H20N2O3. The fourth-order valence-electron chi connectivity index (χ4n) is 4.64. The van der Waals surface area contributed by atoms with E-state index in [-0.39, 0.29) is 18.7 Å². The average Bonchev–Trinajstić information content (AvgIpc) is 3.42. The highest BCUT2D eigenvalue weighted by atomic mass is 16.7. The quantitative estimate of drug-likeness (QED) is 0.535. The van der Waals surface area contributed by atoms with Crippen LogP contribution in [0, 0.1) is 0 Å². The molecule has 148 valence electrons. The smallest absolute Gasteiger partial charge is 0.254 e. The molecule has 5 heteroatoms. The Morgan fingerprint density at radius 2 is 1.73 bits per heavy atom. The molecule has 0 saturated carbocycles. The van der Waals surface area contributed by atoms with Crippen LogP contribution in [0.1, 0.15) is 33.2 Å². The zero-order chi connectivity index (χ0) is 20.1. The third-order valence-corrected chi connectivity index (χ3v) is 6.03. The molecule has 0 radical (unpaired) electrons. The van der Waals surface area contributed by atoms with E-state index in [0.717, 1.165) is 34.7 Å². The zero-order valence-corrected chi connectivity index (χ0v) is 16.3. The second kappa shape index (κ2) is 6.66. The van der Waals surface area contributed by atoms with Gasteiger partial charge in [-0.15, -0.1) is 0 Å². The summed E-state index contributed by atoms with van der Waals surface area (Å²) < 4.78 is 11.1. The van der Waals surface area contributed by atoms with E-state index in [1.54, 1.807) is 0 Å². The number of rotatable bonds is 2. The summed E-state index contributed by atoms with van der Waals surface area (Å²) in [6.45, 7) is 0.884. The molecule has 1 atom stereocenters. The van der Waals surface area contributed by atoms with Gasteiger partial charge in [0.1, 0.15) is 0 Å². The fourth-order valence-corrected chi connectivity index (χ4v) is 4.64. The molecule has 1 amide bonds. The Balaban J connectivity index is 1.52. The second-order valence-electron chi connectivity index (χ2n) is 7.69. The van der Waals surface area contributed by atoms with Gasteiger partial charge in [0.2, 0.25) is 6.79 Å². The summed E-state index contributed by atoms with van der Waals surface area (Å²) in [5.41, 5.74) is 5.16. The Labute approximate surface area is 173 Å². The van der Waals surface area contributed by atoms with Crippen molar-refractivity contribution in [1.82, 2.24) is 9.88 Å². The van der Waals surface area contributed by atoms with Crippen molar-refractivity contribution in [2.24, 2.45) is 0 Å². The number of nitrogens with one attached hydrogen (secondary N) is 1. The Kier molecular flexibility index (Phi) is 3.81. The van der Waals surface area contributed by atoms with Gasteiger partial charge in [0, 0.05) is 28.7 Å². The molecule has 3 heterocycles. The van der Waals surface area contributed by atoms with Crippen LogP contribution in [0.25, 0.3) is 10.9 Å². The summed E-state index contributed by atoms with van der Waals surface area (Å²) in [7, 11) is 0. The Bertz CT molecular complexity index is 1260. The molecule has 2 aliphatic rings. The van der Waals surface area contributed by atoms with Crippen molar-refractivity contribution in [3.63, 3.8) is 0 Å². The van der Waals surface area contributed by atoms with Crippen molar-refractivity contribution >= 4 is 16.8 Å². The minimum atomic E-state index is -0.219. The number of benzene rings is 3. The average molecular weight is 396 g/mol. The molecule has 0 unspecified atom stereocenters. The Hall–Kier alpha value is -3.73. The first kappa shape index (κ1) is 17.2. The zero-order valence-electron chi connectivity index (χ0n) is 16.3. The molecule has 3 aromatic carbocycles. The van der Waals surface area contributed by atoms with Gasteiger partial charge in [-0.2, -0.15) is 0 Å². The van der Waals surface area contributed by atoms with Gasteiger partial charge in [-0.3, -0.25) is 4.79 Å². The molecule has 0 bridgehead atoms. The molecule has 0 saturated heterocycles. The maximum absolute atomic E-state index is 13.5. The number of aromatic nitrogens is 1. The molecule has 1 aromatic heterocycles. The van der Waals surface area contributed by atoms with Gasteiger partial charge in [0.15, 0.2) is 11.5 Å². The number of carbonyl (C=O) groups is 1. The van der Waals surface area contributed by atoms with Crippen LogP contribution in [0.15, 0.2) is 72.8 Å². The summed E-state index contributed by atoms with van der Waals surface area (Å²) in [5.74, 6) is 1.50. The highest BCUT2D eigenvalue weighted by Gasteiger charge is 2.35. The van der Waals surface area contributed by atoms with Gasteiger partial charge < -0.3 is 19.4 Å². The van der Waals surface area contributed by atoms with Gasteiger partial charge in [-0.1, -0.05) is 42.5 Å². The topological polar surface area (TPSA) is 54.6 Å². The summed E-state index contributed by atoms with van der Waals surface area (Å²) in [4.78, 5) is 19.1. The van der Waals surface area contributed by atoms with Gasteiger partial charge in [-0.25, -0.2) is 0 Å². The summed E-state index contributed by atoms with van der Waals surface area (Å²) in [6, 6.07) is 23.6. The highest BCUT2D eigenvalue weighted by molar-refractivity contribution is 5.95. The SMILES string of the molecule is O=C(c1ccccc1)N1CCc2c([nH]c3ccccc23)[C@H]1c1ccc2c(c1)OCO2. The van der Waals surface area contributed by atoms with Gasteiger partial charge >= 0.3 is 0 Å². The van der Waals surface area contributed by atoms with E-state index in [2.05, 4.69) is 23.2 Å². The number of hydrogen-bond donors (Lipinski definition) is 1. The Morgan fingerprint density at radius 3 is 2.63 bits per heavy atom. The molecule has 30 heavy (non-hydrogen) atoms. The van der Waals surface area contributed by atoms with Crippen molar-refractivity contribution in [1.29, 1.82) is 0 Å². The van der Waals surface area contributed by atoms with Crippen LogP contribution in [0.2, 0.25) is 0 Å². The third-order valence-electron chi connectivity index (χ3n) is 6.03. The van der Waals surface area contributed by atoms with Crippen LogP contribution in [-0.4, -0.2) is 29.1 Å². The summed E-state index contributed by atoms with van der Waals surface area (Å²) in [6.07, 6.45) is 0.818. The van der Waals surface area contributed by atoms with Crippen molar-refractivity contribution in [2.75, 3.05) is 13.3 Å². The number of carbonyl (C=O) groups excluding carboxylic acids is 1. The lowest BCUT2D eigenvalue weighted by molar-refractivity contribution is 0.0691. The van der Waals surface area contributed by atoms with E-state index < -0.39 is 0 Å². The largest absolute Gasteiger partial charge is 0.454 e. The highest BCUT2D eigenvalue weighted by Crippen LogP contribution is 2.42. The predicted molar refractivity (Wildman–Crippen MR) is 114 cm³/mol. The van der Waals surface area contributed by atoms with Crippen LogP contribution in [-0.2, 0) is 6.42 Å².